The van der Waals surface area contributed by atoms with Crippen LogP contribution in [-0.2, 0) is 6.54 Å². The Morgan fingerprint density at radius 3 is 2.22 bits per heavy atom. The van der Waals surface area contributed by atoms with Gasteiger partial charge in [0.1, 0.15) is 5.52 Å². The fourth-order valence-corrected chi connectivity index (χ4v) is 3.61. The molecule has 1 aromatic heterocycles. The third-order valence-electron chi connectivity index (χ3n) is 5.41. The second-order valence-corrected chi connectivity index (χ2v) is 7.83. The summed E-state index contributed by atoms with van der Waals surface area (Å²) in [6.45, 7) is 2.97. The van der Waals surface area contributed by atoms with Gasteiger partial charge in [-0.05, 0) is 42.8 Å². The lowest BCUT2D eigenvalue weighted by molar-refractivity contribution is 0.0751. The van der Waals surface area contributed by atoms with Crippen molar-refractivity contribution >= 4 is 22.7 Å². The third kappa shape index (κ3) is 4.25. The number of benzene rings is 3. The first-order chi connectivity index (χ1) is 15.5. The summed E-state index contributed by atoms with van der Waals surface area (Å²) >= 11 is 0. The summed E-state index contributed by atoms with van der Waals surface area (Å²) in [7, 11) is 3.45. The molecule has 0 unspecified atom stereocenters. The van der Waals surface area contributed by atoms with Gasteiger partial charge in [-0.25, -0.2) is 0 Å². The number of amides is 2. The molecule has 0 atom stereocenters. The first-order valence-electron chi connectivity index (χ1n) is 10.5. The lowest BCUT2D eigenvalue weighted by Crippen LogP contribution is -2.30. The highest BCUT2D eigenvalue weighted by atomic mass is 16.5. The molecule has 32 heavy (non-hydrogen) atoms. The molecule has 3 aromatic carbocycles. The van der Waals surface area contributed by atoms with Gasteiger partial charge in [-0.3, -0.25) is 9.59 Å². The zero-order valence-electron chi connectivity index (χ0n) is 18.4. The highest BCUT2D eigenvalue weighted by molar-refractivity contribution is 6.01. The molecule has 0 spiro atoms. The number of aromatic nitrogens is 1. The number of hydrogen-bond acceptors (Lipinski definition) is 4. The topological polar surface area (TPSA) is 66.7 Å². The Balaban J connectivity index is 1.57. The Labute approximate surface area is 187 Å². The largest absolute Gasteiger partial charge is 0.355 e. The highest BCUT2D eigenvalue weighted by Gasteiger charge is 2.18. The van der Waals surface area contributed by atoms with Crippen LogP contribution in [0.15, 0.2) is 77.3 Å². The van der Waals surface area contributed by atoms with E-state index in [4.69, 9.17) is 4.52 Å². The van der Waals surface area contributed by atoms with Gasteiger partial charge in [0.15, 0.2) is 5.76 Å². The summed E-state index contributed by atoms with van der Waals surface area (Å²) in [4.78, 5) is 28.7. The van der Waals surface area contributed by atoms with Crippen molar-refractivity contribution in [1.29, 1.82) is 0 Å². The maximum atomic E-state index is 13.3. The van der Waals surface area contributed by atoms with Crippen LogP contribution in [0.1, 0.15) is 33.2 Å². The summed E-state index contributed by atoms with van der Waals surface area (Å²) < 4.78 is 5.56. The van der Waals surface area contributed by atoms with E-state index in [9.17, 15) is 9.59 Å². The molecule has 0 saturated carbocycles. The van der Waals surface area contributed by atoms with Crippen molar-refractivity contribution in [3.63, 3.8) is 0 Å². The van der Waals surface area contributed by atoms with E-state index in [0.717, 1.165) is 16.5 Å². The molecule has 2 amide bonds. The maximum Gasteiger partial charge on any atom is 0.254 e. The first kappa shape index (κ1) is 21.3. The second kappa shape index (κ2) is 9.06. The van der Waals surface area contributed by atoms with Crippen molar-refractivity contribution in [3.8, 4) is 11.3 Å². The Morgan fingerprint density at radius 2 is 1.56 bits per heavy atom. The van der Waals surface area contributed by atoms with Gasteiger partial charge in [0, 0.05) is 43.9 Å². The van der Waals surface area contributed by atoms with Crippen LogP contribution in [0.5, 0.6) is 0 Å². The molecule has 0 saturated heterocycles. The number of carbonyl (C=O) groups is 2. The Morgan fingerprint density at radius 1 is 0.875 bits per heavy atom. The number of fused-ring (bicyclic) bond motifs is 1. The molecule has 0 fully saturated rings. The van der Waals surface area contributed by atoms with Gasteiger partial charge in [-0.2, -0.15) is 0 Å². The average molecular weight is 428 g/mol. The minimum atomic E-state index is -0.0666. The second-order valence-electron chi connectivity index (χ2n) is 7.83. The monoisotopic (exact) mass is 427 g/mol. The zero-order chi connectivity index (χ0) is 22.7. The molecule has 0 aliphatic rings. The molecule has 6 heteroatoms. The summed E-state index contributed by atoms with van der Waals surface area (Å²) in [5.41, 5.74) is 3.80. The predicted molar refractivity (Wildman–Crippen MR) is 124 cm³/mol. The number of hydrogen-bond donors (Lipinski definition) is 0. The Hall–Kier alpha value is -3.93. The van der Waals surface area contributed by atoms with Gasteiger partial charge >= 0.3 is 0 Å². The van der Waals surface area contributed by atoms with Crippen LogP contribution in [0.25, 0.3) is 22.2 Å². The lowest BCUT2D eigenvalue weighted by Gasteiger charge is -2.21. The van der Waals surface area contributed by atoms with E-state index in [-0.39, 0.29) is 11.8 Å². The van der Waals surface area contributed by atoms with Crippen LogP contribution >= 0.6 is 0 Å². The van der Waals surface area contributed by atoms with Gasteiger partial charge in [-0.15, -0.1) is 0 Å². The van der Waals surface area contributed by atoms with E-state index in [1.54, 1.807) is 42.1 Å². The number of rotatable bonds is 6. The van der Waals surface area contributed by atoms with Crippen LogP contribution < -0.4 is 0 Å². The van der Waals surface area contributed by atoms with Crippen molar-refractivity contribution < 1.29 is 14.1 Å². The van der Waals surface area contributed by atoms with Gasteiger partial charge in [-0.1, -0.05) is 47.6 Å². The van der Waals surface area contributed by atoms with Crippen LogP contribution in [0.2, 0.25) is 0 Å². The van der Waals surface area contributed by atoms with Crippen molar-refractivity contribution in [3.05, 3.63) is 89.5 Å². The molecule has 0 bridgehead atoms. The molecule has 4 rings (SSSR count). The minimum Gasteiger partial charge on any atom is -0.355 e. The molecule has 0 aliphatic heterocycles. The standard InChI is InChI=1S/C26H25N3O3/c1-4-29(17-18-10-12-20(13-11-18)25(30)28(2)3)26(31)21-14-15-23-22(16-21)24(32-27-23)19-8-6-5-7-9-19/h5-16H,4,17H2,1-3H3. The molecule has 0 N–H and O–H groups in total. The van der Waals surface area contributed by atoms with Crippen LogP contribution in [0, 0.1) is 0 Å². The summed E-state index contributed by atoms with van der Waals surface area (Å²) in [6.07, 6.45) is 0. The molecule has 1 heterocycles. The molecular formula is C26H25N3O3. The van der Waals surface area contributed by atoms with Gasteiger partial charge in [0.05, 0.1) is 5.39 Å². The number of carbonyl (C=O) groups excluding carboxylic acids is 2. The van der Waals surface area contributed by atoms with Gasteiger partial charge in [0.2, 0.25) is 0 Å². The van der Waals surface area contributed by atoms with E-state index in [2.05, 4.69) is 5.16 Å². The molecule has 0 radical (unpaired) electrons. The Kier molecular flexibility index (Phi) is 6.03. The van der Waals surface area contributed by atoms with E-state index < -0.39 is 0 Å². The zero-order valence-corrected chi connectivity index (χ0v) is 18.4. The van der Waals surface area contributed by atoms with Crippen LogP contribution in [0.4, 0.5) is 0 Å². The van der Waals surface area contributed by atoms with Crippen LogP contribution in [0.3, 0.4) is 0 Å². The summed E-state index contributed by atoms with van der Waals surface area (Å²) in [6, 6.07) is 22.6. The smallest absolute Gasteiger partial charge is 0.254 e. The van der Waals surface area contributed by atoms with E-state index in [1.165, 1.54) is 0 Å². The number of nitrogens with zero attached hydrogens (tertiary/aromatic N) is 3. The highest BCUT2D eigenvalue weighted by Crippen LogP contribution is 2.29. The molecule has 162 valence electrons. The van der Waals surface area contributed by atoms with Crippen molar-refractivity contribution in [2.75, 3.05) is 20.6 Å². The minimum absolute atomic E-state index is 0.0452. The molecule has 6 nitrogen and oxygen atoms in total. The SMILES string of the molecule is CCN(Cc1ccc(C(=O)N(C)C)cc1)C(=O)c1ccc2noc(-c3ccccc3)c2c1. The fourth-order valence-electron chi connectivity index (χ4n) is 3.61. The van der Waals surface area contributed by atoms with Crippen molar-refractivity contribution in [1.82, 2.24) is 15.0 Å². The predicted octanol–water partition coefficient (Wildman–Crippen LogP) is 4.86. The van der Waals surface area contributed by atoms with E-state index >= 15 is 0 Å². The third-order valence-corrected chi connectivity index (χ3v) is 5.41. The molecule has 4 aromatic rings. The van der Waals surface area contributed by atoms with Crippen molar-refractivity contribution in [2.45, 2.75) is 13.5 Å². The van der Waals surface area contributed by atoms with Crippen molar-refractivity contribution in [2.24, 2.45) is 0 Å². The van der Waals surface area contributed by atoms with E-state index in [1.807, 2.05) is 61.5 Å². The van der Waals surface area contributed by atoms with Gasteiger partial charge in [0.25, 0.3) is 11.8 Å². The molecular weight excluding hydrogens is 402 g/mol. The molecule has 0 aliphatic carbocycles. The maximum absolute atomic E-state index is 13.3. The van der Waals surface area contributed by atoms with E-state index in [0.29, 0.717) is 35.5 Å². The van der Waals surface area contributed by atoms with Crippen LogP contribution in [-0.4, -0.2) is 47.4 Å². The normalized spacial score (nSPS) is 10.8. The lowest BCUT2D eigenvalue weighted by atomic mass is 10.1. The Bertz CT molecular complexity index is 1240. The average Bonchev–Trinajstić information content (AvgIpc) is 3.26. The summed E-state index contributed by atoms with van der Waals surface area (Å²) in [5, 5.41) is 4.94. The summed E-state index contributed by atoms with van der Waals surface area (Å²) in [5.74, 6) is 0.540. The first-order valence-corrected chi connectivity index (χ1v) is 10.5. The quantitative estimate of drug-likeness (QED) is 0.441. The van der Waals surface area contributed by atoms with Gasteiger partial charge < -0.3 is 14.3 Å². The fraction of sp³-hybridized carbons (Fsp3) is 0.192.